The first kappa shape index (κ1) is 22.3. The Morgan fingerprint density at radius 1 is 1.07 bits per heavy atom. The first-order valence-corrected chi connectivity index (χ1v) is 11.5. The predicted octanol–water partition coefficient (Wildman–Crippen LogP) is 4.72. The van der Waals surface area contributed by atoms with Crippen molar-refractivity contribution in [3.8, 4) is 0 Å². The van der Waals surface area contributed by atoms with Crippen LogP contribution in [-0.4, -0.2) is 46.7 Å². The molecule has 3 rings (SSSR count). The summed E-state index contributed by atoms with van der Waals surface area (Å²) in [6.07, 6.45) is 4.87. The number of Topliss-reactive ketones (excluding diaryl/α,β-unsaturated/α-hetero) is 1. The van der Waals surface area contributed by atoms with Crippen LogP contribution in [0, 0.1) is 11.8 Å². The van der Waals surface area contributed by atoms with Crippen molar-refractivity contribution in [2.75, 3.05) is 13.1 Å². The quantitative estimate of drug-likeness (QED) is 0.671. The van der Waals surface area contributed by atoms with Crippen LogP contribution in [0.15, 0.2) is 18.2 Å². The third kappa shape index (κ3) is 5.21. The van der Waals surface area contributed by atoms with E-state index in [0.29, 0.717) is 17.4 Å². The van der Waals surface area contributed by atoms with Gasteiger partial charge in [0, 0.05) is 55.0 Å². The standard InChI is InChI=1S/C24H35ClN2O2/c1-16(2)22(28)12-20-10-7-11-21(23(20)25)15-26-13-17(3)27(18(4)14-26)24(29)19-8-5-6-9-19/h7,10-11,16-19H,5-6,8-9,12-15H2,1-4H3/t17-,18+. The Bertz CT molecular complexity index is 730. The molecular formula is C24H35ClN2O2. The Morgan fingerprint density at radius 3 is 2.24 bits per heavy atom. The minimum absolute atomic E-state index is 0.0157. The fourth-order valence-electron chi connectivity index (χ4n) is 4.90. The van der Waals surface area contributed by atoms with Crippen molar-refractivity contribution in [3.05, 3.63) is 34.3 Å². The molecule has 160 valence electrons. The lowest BCUT2D eigenvalue weighted by Gasteiger charge is -2.45. The lowest BCUT2D eigenvalue weighted by Crippen LogP contribution is -2.59. The van der Waals surface area contributed by atoms with E-state index in [2.05, 4.69) is 29.7 Å². The van der Waals surface area contributed by atoms with Crippen LogP contribution in [0.1, 0.15) is 64.5 Å². The van der Waals surface area contributed by atoms with E-state index in [1.54, 1.807) is 0 Å². The van der Waals surface area contributed by atoms with E-state index in [1.165, 1.54) is 12.8 Å². The molecule has 0 N–H and O–H groups in total. The molecule has 0 spiro atoms. The molecule has 1 aliphatic heterocycles. The van der Waals surface area contributed by atoms with Gasteiger partial charge in [0.25, 0.3) is 0 Å². The Hall–Kier alpha value is -1.39. The molecule has 0 aromatic heterocycles. The first-order chi connectivity index (χ1) is 13.8. The van der Waals surface area contributed by atoms with E-state index in [1.807, 2.05) is 26.0 Å². The second kappa shape index (κ2) is 9.61. The van der Waals surface area contributed by atoms with Crippen LogP contribution < -0.4 is 0 Å². The summed E-state index contributed by atoms with van der Waals surface area (Å²) in [4.78, 5) is 29.7. The summed E-state index contributed by atoms with van der Waals surface area (Å²) in [5.41, 5.74) is 1.98. The van der Waals surface area contributed by atoms with Crippen molar-refractivity contribution >= 4 is 23.3 Å². The van der Waals surface area contributed by atoms with Gasteiger partial charge in [-0.05, 0) is 37.8 Å². The van der Waals surface area contributed by atoms with Gasteiger partial charge in [-0.15, -0.1) is 0 Å². The maximum Gasteiger partial charge on any atom is 0.226 e. The number of carbonyl (C=O) groups excluding carboxylic acids is 2. The molecule has 2 atom stereocenters. The number of halogens is 1. The highest BCUT2D eigenvalue weighted by Gasteiger charge is 2.37. The number of rotatable bonds is 6. The third-order valence-corrected chi connectivity index (χ3v) is 7.00. The fraction of sp³-hybridized carbons (Fsp3) is 0.667. The zero-order valence-corrected chi connectivity index (χ0v) is 19.0. The zero-order valence-electron chi connectivity index (χ0n) is 18.3. The summed E-state index contributed by atoms with van der Waals surface area (Å²) in [5, 5.41) is 0.714. The molecule has 2 fully saturated rings. The van der Waals surface area contributed by atoms with Crippen molar-refractivity contribution < 1.29 is 9.59 Å². The van der Waals surface area contributed by atoms with Crippen molar-refractivity contribution in [2.45, 2.75) is 78.4 Å². The second-order valence-electron chi connectivity index (χ2n) is 9.31. The first-order valence-electron chi connectivity index (χ1n) is 11.1. The van der Waals surface area contributed by atoms with E-state index in [9.17, 15) is 9.59 Å². The summed E-state index contributed by atoms with van der Waals surface area (Å²) in [5.74, 6) is 0.817. The monoisotopic (exact) mass is 418 g/mol. The molecule has 4 nitrogen and oxygen atoms in total. The van der Waals surface area contributed by atoms with Crippen molar-refractivity contribution in [3.63, 3.8) is 0 Å². The minimum atomic E-state index is 0.0157. The second-order valence-corrected chi connectivity index (χ2v) is 9.69. The smallest absolute Gasteiger partial charge is 0.226 e. The van der Waals surface area contributed by atoms with Crippen LogP contribution in [0.4, 0.5) is 0 Å². The molecule has 1 saturated heterocycles. The average Bonchev–Trinajstić information content (AvgIpc) is 3.19. The van der Waals surface area contributed by atoms with Gasteiger partial charge in [0.15, 0.2) is 0 Å². The molecule has 0 bridgehead atoms. The summed E-state index contributed by atoms with van der Waals surface area (Å²) in [7, 11) is 0. The molecule has 0 unspecified atom stereocenters. The molecular weight excluding hydrogens is 384 g/mol. The molecule has 1 aromatic carbocycles. The molecule has 1 amide bonds. The highest BCUT2D eigenvalue weighted by molar-refractivity contribution is 6.32. The number of hydrogen-bond acceptors (Lipinski definition) is 3. The molecule has 2 aliphatic rings. The van der Waals surface area contributed by atoms with E-state index < -0.39 is 0 Å². The van der Waals surface area contributed by atoms with E-state index in [4.69, 9.17) is 11.6 Å². The van der Waals surface area contributed by atoms with Crippen molar-refractivity contribution in [1.82, 2.24) is 9.80 Å². The van der Waals surface area contributed by atoms with E-state index in [-0.39, 0.29) is 29.7 Å². The summed E-state index contributed by atoms with van der Waals surface area (Å²) in [6, 6.07) is 6.41. The van der Waals surface area contributed by atoms with Gasteiger partial charge in [-0.2, -0.15) is 0 Å². The molecule has 5 heteroatoms. The number of hydrogen-bond donors (Lipinski definition) is 0. The maximum absolute atomic E-state index is 13.0. The highest BCUT2D eigenvalue weighted by Crippen LogP contribution is 2.30. The zero-order chi connectivity index (χ0) is 21.1. The number of nitrogens with zero attached hydrogens (tertiary/aromatic N) is 2. The molecule has 1 aliphatic carbocycles. The maximum atomic E-state index is 13.0. The van der Waals surface area contributed by atoms with E-state index in [0.717, 1.165) is 43.6 Å². The molecule has 1 heterocycles. The van der Waals surface area contributed by atoms with Gasteiger partial charge < -0.3 is 4.90 Å². The van der Waals surface area contributed by atoms with Crippen LogP contribution in [0.2, 0.25) is 5.02 Å². The van der Waals surface area contributed by atoms with Gasteiger partial charge in [0.05, 0.1) is 0 Å². The lowest BCUT2D eigenvalue weighted by molar-refractivity contribution is -0.143. The van der Waals surface area contributed by atoms with Crippen LogP contribution in [0.5, 0.6) is 0 Å². The number of amides is 1. The highest BCUT2D eigenvalue weighted by atomic mass is 35.5. The van der Waals surface area contributed by atoms with Gasteiger partial charge in [-0.1, -0.05) is 56.5 Å². The Morgan fingerprint density at radius 2 is 1.66 bits per heavy atom. The largest absolute Gasteiger partial charge is 0.334 e. The average molecular weight is 419 g/mol. The summed E-state index contributed by atoms with van der Waals surface area (Å²) < 4.78 is 0. The van der Waals surface area contributed by atoms with Crippen LogP contribution in [0.25, 0.3) is 0 Å². The van der Waals surface area contributed by atoms with Gasteiger partial charge in [0.2, 0.25) is 5.91 Å². The molecule has 0 radical (unpaired) electrons. The van der Waals surface area contributed by atoms with Crippen LogP contribution >= 0.6 is 11.6 Å². The number of piperazine rings is 1. The minimum Gasteiger partial charge on any atom is -0.334 e. The van der Waals surface area contributed by atoms with Crippen LogP contribution in [-0.2, 0) is 22.6 Å². The van der Waals surface area contributed by atoms with Gasteiger partial charge in [0.1, 0.15) is 5.78 Å². The molecule has 1 aromatic rings. The summed E-state index contributed by atoms with van der Waals surface area (Å²) in [6.45, 7) is 10.6. The van der Waals surface area contributed by atoms with E-state index >= 15 is 0 Å². The van der Waals surface area contributed by atoms with Gasteiger partial charge in [-0.25, -0.2) is 0 Å². The van der Waals surface area contributed by atoms with Crippen molar-refractivity contribution in [1.29, 1.82) is 0 Å². The number of ketones is 1. The number of carbonyl (C=O) groups is 2. The van der Waals surface area contributed by atoms with Gasteiger partial charge in [-0.3, -0.25) is 14.5 Å². The normalized spacial score (nSPS) is 23.7. The predicted molar refractivity (Wildman–Crippen MR) is 118 cm³/mol. The summed E-state index contributed by atoms with van der Waals surface area (Å²) >= 11 is 6.67. The topological polar surface area (TPSA) is 40.6 Å². The van der Waals surface area contributed by atoms with Gasteiger partial charge >= 0.3 is 0 Å². The van der Waals surface area contributed by atoms with Crippen LogP contribution in [0.3, 0.4) is 0 Å². The molecule has 29 heavy (non-hydrogen) atoms. The Kier molecular flexibility index (Phi) is 7.39. The van der Waals surface area contributed by atoms with Crippen molar-refractivity contribution in [2.24, 2.45) is 11.8 Å². The Labute approximate surface area is 180 Å². The molecule has 1 saturated carbocycles. The fourth-order valence-corrected chi connectivity index (χ4v) is 5.16. The number of benzene rings is 1. The third-order valence-electron chi connectivity index (χ3n) is 6.51. The lowest BCUT2D eigenvalue weighted by atomic mass is 9.98. The Balaban J connectivity index is 1.66. The SMILES string of the molecule is CC(C)C(=O)Cc1cccc(CN2C[C@@H](C)N(C(=O)C3CCCC3)[C@@H](C)C2)c1Cl.